The van der Waals surface area contributed by atoms with Gasteiger partial charge in [0.2, 0.25) is 0 Å². The molecule has 1 atom stereocenters. The van der Waals surface area contributed by atoms with Crippen LogP contribution < -0.4 is 5.19 Å². The van der Waals surface area contributed by atoms with Gasteiger partial charge in [-0.15, -0.1) is 0 Å². The van der Waals surface area contributed by atoms with Gasteiger partial charge < -0.3 is 9.64 Å². The van der Waals surface area contributed by atoms with E-state index in [9.17, 15) is 4.79 Å². The minimum absolute atomic E-state index is 0.0848. The summed E-state index contributed by atoms with van der Waals surface area (Å²) in [5, 5.41) is 1.47. The molecular weight excluding hydrogens is 266 g/mol. The molecule has 2 rings (SSSR count). The highest BCUT2D eigenvalue weighted by atomic mass is 28.3. The quantitative estimate of drug-likeness (QED) is 0.685. The Hall–Kier alpha value is -1.29. The summed E-state index contributed by atoms with van der Waals surface area (Å²) in [5.74, 6) is 0. The summed E-state index contributed by atoms with van der Waals surface area (Å²) in [4.78, 5) is 14.4. The van der Waals surface area contributed by atoms with Crippen molar-refractivity contribution in [2.45, 2.75) is 52.4 Å². The molecule has 1 amide bonds. The van der Waals surface area contributed by atoms with Crippen LogP contribution in [0.2, 0.25) is 13.1 Å². The fraction of sp³-hybridized carbons (Fsp3) is 0.562. The zero-order valence-electron chi connectivity index (χ0n) is 13.4. The van der Waals surface area contributed by atoms with E-state index in [1.165, 1.54) is 10.8 Å². The van der Waals surface area contributed by atoms with Gasteiger partial charge in [-0.1, -0.05) is 42.5 Å². The molecule has 1 aromatic rings. The summed E-state index contributed by atoms with van der Waals surface area (Å²) >= 11 is 0. The molecule has 0 N–H and O–H groups in total. The van der Waals surface area contributed by atoms with Crippen LogP contribution in [-0.2, 0) is 4.74 Å². The van der Waals surface area contributed by atoms with E-state index < -0.39 is 13.7 Å². The number of carbonyl (C=O) groups is 1. The summed E-state index contributed by atoms with van der Waals surface area (Å²) in [5.41, 5.74) is 0.834. The van der Waals surface area contributed by atoms with Crippen LogP contribution in [0, 0.1) is 0 Å². The molecule has 0 fully saturated rings. The highest BCUT2D eigenvalue weighted by Crippen LogP contribution is 2.29. The molecule has 1 aliphatic rings. The van der Waals surface area contributed by atoms with Gasteiger partial charge in [0.1, 0.15) is 13.7 Å². The Kier molecular flexibility index (Phi) is 3.71. The van der Waals surface area contributed by atoms with Gasteiger partial charge in [0, 0.05) is 6.17 Å². The third kappa shape index (κ3) is 2.90. The first kappa shape index (κ1) is 15.1. The van der Waals surface area contributed by atoms with Crippen molar-refractivity contribution < 1.29 is 9.53 Å². The second-order valence-corrected chi connectivity index (χ2v) is 11.9. The van der Waals surface area contributed by atoms with Crippen molar-refractivity contribution in [2.24, 2.45) is 0 Å². The van der Waals surface area contributed by atoms with Crippen molar-refractivity contribution >= 4 is 19.4 Å². The van der Waals surface area contributed by atoms with Gasteiger partial charge >= 0.3 is 6.09 Å². The normalized spacial score (nSPS) is 21.3. The van der Waals surface area contributed by atoms with Gasteiger partial charge in [0.05, 0.1) is 6.04 Å². The third-order valence-corrected chi connectivity index (χ3v) is 6.85. The molecule has 0 aliphatic carbocycles. The van der Waals surface area contributed by atoms with Crippen LogP contribution in [0.5, 0.6) is 0 Å². The highest BCUT2D eigenvalue weighted by Gasteiger charge is 2.40. The second kappa shape index (κ2) is 4.92. The largest absolute Gasteiger partial charge is 0.444 e. The third-order valence-electron chi connectivity index (χ3n) is 3.80. The number of hydrogen-bond acceptors (Lipinski definition) is 2. The molecule has 3 nitrogen and oxygen atoms in total. The molecule has 0 aromatic heterocycles. The Morgan fingerprint density at radius 2 is 1.90 bits per heavy atom. The molecule has 0 radical (unpaired) electrons. The molecular formula is C16H25NO2Si. The summed E-state index contributed by atoms with van der Waals surface area (Å²) < 4.78 is 5.57. The van der Waals surface area contributed by atoms with Crippen molar-refractivity contribution in [1.82, 2.24) is 4.90 Å². The van der Waals surface area contributed by atoms with Crippen molar-refractivity contribution in [3.63, 3.8) is 0 Å². The topological polar surface area (TPSA) is 29.5 Å². The molecule has 4 heteroatoms. The fourth-order valence-corrected chi connectivity index (χ4v) is 5.88. The van der Waals surface area contributed by atoms with Crippen LogP contribution in [0.15, 0.2) is 24.3 Å². The fourth-order valence-electron chi connectivity index (χ4n) is 2.84. The maximum atomic E-state index is 12.4. The van der Waals surface area contributed by atoms with Crippen LogP contribution in [-0.4, -0.2) is 30.8 Å². The molecule has 110 valence electrons. The minimum Gasteiger partial charge on any atom is -0.444 e. The lowest BCUT2D eigenvalue weighted by atomic mass is 10.1. The zero-order valence-corrected chi connectivity index (χ0v) is 14.4. The van der Waals surface area contributed by atoms with Crippen LogP contribution in [0.3, 0.4) is 0 Å². The number of amides is 1. The second-order valence-electron chi connectivity index (χ2n) is 7.26. The maximum absolute atomic E-state index is 12.4. The van der Waals surface area contributed by atoms with E-state index in [-0.39, 0.29) is 12.1 Å². The number of nitrogens with zero attached hydrogens (tertiary/aromatic N) is 1. The first-order valence-corrected chi connectivity index (χ1v) is 10.4. The first-order chi connectivity index (χ1) is 9.12. The average Bonchev–Trinajstić information content (AvgIpc) is 2.32. The van der Waals surface area contributed by atoms with Crippen molar-refractivity contribution in [3.05, 3.63) is 29.8 Å². The summed E-state index contributed by atoms with van der Waals surface area (Å²) in [6, 6.07) is 8.61. The van der Waals surface area contributed by atoms with E-state index in [0.717, 1.165) is 6.17 Å². The molecule has 0 bridgehead atoms. The summed E-state index contributed by atoms with van der Waals surface area (Å²) in [6.07, 6.45) is 0.625. The molecule has 1 aromatic carbocycles. The summed E-state index contributed by atoms with van der Waals surface area (Å²) in [7, 11) is -1.63. The van der Waals surface area contributed by atoms with Crippen LogP contribution in [0.1, 0.15) is 39.3 Å². The van der Waals surface area contributed by atoms with E-state index in [0.29, 0.717) is 0 Å². The van der Waals surface area contributed by atoms with Gasteiger partial charge in [-0.25, -0.2) is 4.79 Å². The molecule has 1 unspecified atom stereocenters. The highest BCUT2D eigenvalue weighted by molar-refractivity contribution is 6.90. The van der Waals surface area contributed by atoms with E-state index in [4.69, 9.17) is 4.74 Å². The van der Waals surface area contributed by atoms with Crippen molar-refractivity contribution in [2.75, 3.05) is 6.17 Å². The molecule has 20 heavy (non-hydrogen) atoms. The van der Waals surface area contributed by atoms with E-state index >= 15 is 0 Å². The first-order valence-electron chi connectivity index (χ1n) is 7.21. The van der Waals surface area contributed by atoms with Crippen LogP contribution in [0.4, 0.5) is 4.79 Å². The Morgan fingerprint density at radius 3 is 2.50 bits per heavy atom. The number of fused-ring (bicyclic) bond motifs is 1. The minimum atomic E-state index is -1.63. The Bertz CT molecular complexity index is 519. The van der Waals surface area contributed by atoms with Crippen molar-refractivity contribution in [3.8, 4) is 0 Å². The lowest BCUT2D eigenvalue weighted by molar-refractivity contribution is 0.0207. The van der Waals surface area contributed by atoms with Gasteiger partial charge in [-0.3, -0.25) is 0 Å². The molecule has 1 aliphatic heterocycles. The number of ether oxygens (including phenoxy) is 1. The van der Waals surface area contributed by atoms with Gasteiger partial charge in [-0.05, 0) is 33.3 Å². The van der Waals surface area contributed by atoms with E-state index in [2.05, 4.69) is 44.3 Å². The maximum Gasteiger partial charge on any atom is 0.410 e. The molecule has 0 spiro atoms. The molecule has 1 heterocycles. The number of carbonyl (C=O) groups excluding carboxylic acids is 1. The number of hydrogen-bond donors (Lipinski definition) is 0. The lowest BCUT2D eigenvalue weighted by Crippen LogP contribution is -2.60. The van der Waals surface area contributed by atoms with Gasteiger partial charge in [0.25, 0.3) is 0 Å². The van der Waals surface area contributed by atoms with E-state index in [1.54, 1.807) is 0 Å². The number of rotatable bonds is 0. The van der Waals surface area contributed by atoms with Crippen molar-refractivity contribution in [1.29, 1.82) is 0 Å². The van der Waals surface area contributed by atoms with E-state index in [1.807, 2.05) is 25.7 Å². The lowest BCUT2D eigenvalue weighted by Gasteiger charge is -2.43. The van der Waals surface area contributed by atoms with Crippen LogP contribution >= 0.6 is 0 Å². The van der Waals surface area contributed by atoms with Gasteiger partial charge in [0.15, 0.2) is 0 Å². The Balaban J connectivity index is 2.34. The monoisotopic (exact) mass is 291 g/mol. The molecule has 0 saturated heterocycles. The smallest absolute Gasteiger partial charge is 0.410 e. The Morgan fingerprint density at radius 1 is 1.30 bits per heavy atom. The van der Waals surface area contributed by atoms with Crippen LogP contribution in [0.25, 0.3) is 0 Å². The average molecular weight is 291 g/mol. The van der Waals surface area contributed by atoms with Gasteiger partial charge in [-0.2, -0.15) is 0 Å². The number of benzene rings is 1. The Labute approximate surface area is 122 Å². The standard InChI is InChI=1S/C16H25NO2Si/c1-12-13-9-7-8-10-14(13)20(5,6)11-17(12)15(18)19-16(2,3)4/h7-10,12H,11H2,1-6H3. The summed E-state index contributed by atoms with van der Waals surface area (Å²) in [6.45, 7) is 12.5. The SMILES string of the molecule is CC1c2ccccc2[Si](C)(C)CN1C(=O)OC(C)(C)C. The zero-order chi connectivity index (χ0) is 15.1. The molecule has 0 saturated carbocycles. The predicted octanol–water partition coefficient (Wildman–Crippen LogP) is 3.45. The predicted molar refractivity (Wildman–Crippen MR) is 84.9 cm³/mol.